The highest BCUT2D eigenvalue weighted by Crippen LogP contribution is 2.29. The molecule has 2 aliphatic rings. The van der Waals surface area contributed by atoms with Crippen molar-refractivity contribution >= 4 is 26.9 Å². The number of anilines is 1. The van der Waals surface area contributed by atoms with Crippen molar-refractivity contribution in [2.45, 2.75) is 6.54 Å². The maximum atomic E-state index is 11.8. The minimum atomic E-state index is -3.15. The van der Waals surface area contributed by atoms with Crippen molar-refractivity contribution in [3.63, 3.8) is 0 Å². The van der Waals surface area contributed by atoms with Gasteiger partial charge in [-0.2, -0.15) is 4.31 Å². The summed E-state index contributed by atoms with van der Waals surface area (Å²) in [6.45, 7) is 5.69. The molecule has 2 fully saturated rings. The molecule has 0 bridgehead atoms. The third-order valence-electron chi connectivity index (χ3n) is 6.20. The predicted octanol–water partition coefficient (Wildman–Crippen LogP) is 1.31. The first kappa shape index (κ1) is 22.9. The average Bonchev–Trinajstić information content (AvgIpc) is 2.83. The smallest absolute Gasteiger partial charge is 0.211 e. The van der Waals surface area contributed by atoms with Gasteiger partial charge in [-0.15, -0.1) is 0 Å². The number of ether oxygens (including phenoxy) is 1. The summed E-state index contributed by atoms with van der Waals surface area (Å²) >= 11 is 0. The van der Waals surface area contributed by atoms with E-state index in [1.807, 2.05) is 18.3 Å². The number of morpholine rings is 1. The molecule has 1 aromatic carbocycles. The van der Waals surface area contributed by atoms with Gasteiger partial charge in [-0.1, -0.05) is 12.1 Å². The molecule has 0 aliphatic carbocycles. The van der Waals surface area contributed by atoms with Crippen LogP contribution in [-0.2, 0) is 21.3 Å². The third kappa shape index (κ3) is 4.97. The number of aromatic nitrogens is 3. The molecule has 0 saturated carbocycles. The molecule has 1 N–H and O–H groups in total. The lowest BCUT2D eigenvalue weighted by molar-refractivity contribution is 0.122. The van der Waals surface area contributed by atoms with Gasteiger partial charge >= 0.3 is 0 Å². The highest BCUT2D eigenvalue weighted by Gasteiger charge is 2.24. The Morgan fingerprint density at radius 2 is 1.79 bits per heavy atom. The van der Waals surface area contributed by atoms with Crippen molar-refractivity contribution in [1.29, 1.82) is 0 Å². The predicted molar refractivity (Wildman–Crippen MR) is 129 cm³/mol. The second-order valence-corrected chi connectivity index (χ2v) is 10.7. The molecule has 11 heteroatoms. The third-order valence-corrected chi connectivity index (χ3v) is 7.50. The molecule has 2 saturated heterocycles. The number of hydrogen-bond acceptors (Lipinski definition) is 9. The lowest BCUT2D eigenvalue weighted by Crippen LogP contribution is -2.47. The Labute approximate surface area is 198 Å². The lowest BCUT2D eigenvalue weighted by Gasteiger charge is -2.33. The van der Waals surface area contributed by atoms with Gasteiger partial charge in [-0.25, -0.2) is 18.4 Å². The van der Waals surface area contributed by atoms with Gasteiger partial charge in [0.15, 0.2) is 11.6 Å². The lowest BCUT2D eigenvalue weighted by atomic mass is 10.1. The van der Waals surface area contributed by atoms with E-state index in [4.69, 9.17) is 19.7 Å². The van der Waals surface area contributed by atoms with Crippen molar-refractivity contribution < 1.29 is 18.3 Å². The average molecular weight is 485 g/mol. The second kappa shape index (κ2) is 9.41. The van der Waals surface area contributed by atoms with Gasteiger partial charge in [-0.3, -0.25) is 9.88 Å². The van der Waals surface area contributed by atoms with E-state index in [1.54, 1.807) is 18.2 Å². The van der Waals surface area contributed by atoms with Gasteiger partial charge in [0.2, 0.25) is 10.0 Å². The van der Waals surface area contributed by atoms with E-state index in [1.165, 1.54) is 10.6 Å². The summed E-state index contributed by atoms with van der Waals surface area (Å²) in [5.74, 6) is 1.46. The largest absolute Gasteiger partial charge is 0.508 e. The van der Waals surface area contributed by atoms with E-state index in [2.05, 4.69) is 9.80 Å². The summed E-state index contributed by atoms with van der Waals surface area (Å²) in [4.78, 5) is 18.7. The number of nitrogens with zero attached hydrogens (tertiary/aromatic N) is 6. The molecular weight excluding hydrogens is 456 g/mol. The summed E-state index contributed by atoms with van der Waals surface area (Å²) < 4.78 is 30.6. The van der Waals surface area contributed by atoms with Gasteiger partial charge in [0.05, 0.1) is 25.0 Å². The zero-order valence-electron chi connectivity index (χ0n) is 19.1. The number of rotatable bonds is 5. The molecule has 10 nitrogen and oxygen atoms in total. The number of piperazine rings is 1. The fourth-order valence-electron chi connectivity index (χ4n) is 4.38. The van der Waals surface area contributed by atoms with Crippen LogP contribution in [0.25, 0.3) is 22.4 Å². The van der Waals surface area contributed by atoms with Crippen molar-refractivity contribution in [3.05, 3.63) is 42.1 Å². The number of phenolic OH excluding ortho intramolecular Hbond substituents is 1. The Balaban J connectivity index is 1.47. The van der Waals surface area contributed by atoms with E-state index in [0.717, 1.165) is 41.1 Å². The Morgan fingerprint density at radius 3 is 2.50 bits per heavy atom. The number of benzene rings is 1. The molecule has 0 unspecified atom stereocenters. The fraction of sp³-hybridized carbons (Fsp3) is 0.435. The van der Waals surface area contributed by atoms with Crippen LogP contribution in [0.2, 0.25) is 0 Å². The normalized spacial score (nSPS) is 18.4. The number of phenols is 1. The molecule has 4 heterocycles. The maximum Gasteiger partial charge on any atom is 0.211 e. The topological polar surface area (TPSA) is 112 Å². The van der Waals surface area contributed by atoms with Crippen LogP contribution in [0.1, 0.15) is 5.56 Å². The van der Waals surface area contributed by atoms with Gasteiger partial charge in [-0.05, 0) is 23.8 Å². The standard InChI is InChI=1S/C23H28N6O4S/c1-34(31,32)29-7-5-27(6-8-29)16-17-13-20-21(24-15-17)23(28-9-11-33-12-10-28)26-22(25-20)18-3-2-4-19(30)14-18/h2-4,13-15,30H,5-12,16H2,1H3. The molecule has 2 aliphatic heterocycles. The number of aromatic hydroxyl groups is 1. The molecule has 180 valence electrons. The van der Waals surface area contributed by atoms with E-state index in [0.29, 0.717) is 51.8 Å². The van der Waals surface area contributed by atoms with Crippen LogP contribution in [0.3, 0.4) is 0 Å². The fourth-order valence-corrected chi connectivity index (χ4v) is 5.20. The van der Waals surface area contributed by atoms with Gasteiger partial charge in [0, 0.05) is 57.6 Å². The first-order chi connectivity index (χ1) is 16.4. The van der Waals surface area contributed by atoms with E-state index >= 15 is 0 Å². The summed E-state index contributed by atoms with van der Waals surface area (Å²) in [6, 6.07) is 8.96. The molecule has 0 radical (unpaired) electrons. The summed E-state index contributed by atoms with van der Waals surface area (Å²) in [7, 11) is -3.15. The molecule has 0 spiro atoms. The Hall–Kier alpha value is -2.86. The van der Waals surface area contributed by atoms with E-state index < -0.39 is 10.0 Å². The molecule has 3 aromatic rings. The quantitative estimate of drug-likeness (QED) is 0.573. The minimum Gasteiger partial charge on any atom is -0.508 e. The van der Waals surface area contributed by atoms with Crippen molar-refractivity contribution in [2.75, 3.05) is 63.6 Å². The number of sulfonamides is 1. The second-order valence-electron chi connectivity index (χ2n) is 8.67. The Bertz CT molecular complexity index is 1290. The molecular formula is C23H28N6O4S. The monoisotopic (exact) mass is 484 g/mol. The van der Waals surface area contributed by atoms with Crippen LogP contribution in [0.15, 0.2) is 36.5 Å². The SMILES string of the molecule is CS(=O)(=O)N1CCN(Cc2cnc3c(N4CCOCC4)nc(-c4cccc(O)c4)nc3c2)CC1. The van der Waals surface area contributed by atoms with Crippen molar-refractivity contribution in [2.24, 2.45) is 0 Å². The van der Waals surface area contributed by atoms with Crippen molar-refractivity contribution in [1.82, 2.24) is 24.2 Å². The Morgan fingerprint density at radius 1 is 1.03 bits per heavy atom. The summed E-state index contributed by atoms with van der Waals surface area (Å²) in [5.41, 5.74) is 3.21. The number of pyridine rings is 1. The minimum absolute atomic E-state index is 0.161. The molecule has 0 atom stereocenters. The van der Waals surface area contributed by atoms with Gasteiger partial charge in [0.1, 0.15) is 11.3 Å². The van der Waals surface area contributed by atoms with Crippen LogP contribution in [-0.4, -0.2) is 96.4 Å². The molecule has 5 rings (SSSR count). The highest BCUT2D eigenvalue weighted by molar-refractivity contribution is 7.88. The summed E-state index contributed by atoms with van der Waals surface area (Å²) in [5, 5.41) is 9.96. The molecule has 34 heavy (non-hydrogen) atoms. The Kier molecular flexibility index (Phi) is 6.34. The number of fused-ring (bicyclic) bond motifs is 1. The maximum absolute atomic E-state index is 11.8. The molecule has 2 aromatic heterocycles. The zero-order valence-corrected chi connectivity index (χ0v) is 19.9. The van der Waals surface area contributed by atoms with Gasteiger partial charge in [0.25, 0.3) is 0 Å². The van der Waals surface area contributed by atoms with Gasteiger partial charge < -0.3 is 14.7 Å². The summed E-state index contributed by atoms with van der Waals surface area (Å²) in [6.07, 6.45) is 3.11. The van der Waals surface area contributed by atoms with Crippen LogP contribution in [0.4, 0.5) is 5.82 Å². The highest BCUT2D eigenvalue weighted by atomic mass is 32.2. The van der Waals surface area contributed by atoms with E-state index in [-0.39, 0.29) is 5.75 Å². The van der Waals surface area contributed by atoms with Crippen LogP contribution in [0.5, 0.6) is 5.75 Å². The van der Waals surface area contributed by atoms with E-state index in [9.17, 15) is 13.5 Å². The first-order valence-corrected chi connectivity index (χ1v) is 13.2. The van der Waals surface area contributed by atoms with Crippen LogP contribution >= 0.6 is 0 Å². The zero-order chi connectivity index (χ0) is 23.7. The van der Waals surface area contributed by atoms with Crippen LogP contribution < -0.4 is 4.90 Å². The first-order valence-electron chi connectivity index (χ1n) is 11.3. The molecule has 0 amide bonds. The number of hydrogen-bond donors (Lipinski definition) is 1. The van der Waals surface area contributed by atoms with Crippen LogP contribution in [0, 0.1) is 0 Å². The van der Waals surface area contributed by atoms with Crippen molar-refractivity contribution in [3.8, 4) is 17.1 Å².